The zero-order valence-corrected chi connectivity index (χ0v) is 12.9. The first-order chi connectivity index (χ1) is 9.22. The van der Waals surface area contributed by atoms with Crippen LogP contribution in [0.25, 0.3) is 0 Å². The molecule has 0 spiro atoms. The molecule has 1 fully saturated rings. The maximum absolute atomic E-state index is 9.18. The van der Waals surface area contributed by atoms with Crippen LogP contribution in [0.1, 0.15) is 25.5 Å². The van der Waals surface area contributed by atoms with Crippen LogP contribution in [0.15, 0.2) is 24.3 Å². The molecule has 5 heteroatoms. The van der Waals surface area contributed by atoms with E-state index in [1.54, 1.807) is 0 Å². The average Bonchev–Trinajstić information content (AvgIpc) is 2.40. The van der Waals surface area contributed by atoms with Gasteiger partial charge in [0.15, 0.2) is 0 Å². The van der Waals surface area contributed by atoms with E-state index < -0.39 is 0 Å². The average molecular weight is 302 g/mol. The number of rotatable bonds is 5. The first-order valence-electron chi connectivity index (χ1n) is 6.90. The molecule has 1 N–H and O–H groups in total. The van der Waals surface area contributed by atoms with Crippen molar-refractivity contribution in [3.8, 4) is 5.75 Å². The van der Waals surface area contributed by atoms with Gasteiger partial charge in [-0.1, -0.05) is 18.2 Å². The highest BCUT2D eigenvalue weighted by Gasteiger charge is 2.26. The summed E-state index contributed by atoms with van der Waals surface area (Å²) in [7, 11) is 0. The van der Waals surface area contributed by atoms with Gasteiger partial charge in [-0.3, -0.25) is 4.90 Å². The molecule has 1 aromatic rings. The molecule has 114 valence electrons. The number of ether oxygens (including phenoxy) is 2. The Labute approximate surface area is 127 Å². The van der Waals surface area contributed by atoms with E-state index in [1.165, 1.54) is 0 Å². The first-order valence-corrected chi connectivity index (χ1v) is 6.90. The van der Waals surface area contributed by atoms with Gasteiger partial charge < -0.3 is 14.6 Å². The standard InChI is InChI=1S/C15H23NO3.ClH/c1-12(2)19-15-6-4-3-5-13(15)14-11-18-10-8-16(14)7-9-17;/h3-6,12,14,17H,7-11H2,1-2H3;1H. The number of morpholine rings is 1. The molecule has 0 bridgehead atoms. The molecule has 1 aliphatic heterocycles. The van der Waals surface area contributed by atoms with Crippen molar-refractivity contribution in [2.24, 2.45) is 0 Å². The maximum Gasteiger partial charge on any atom is 0.124 e. The van der Waals surface area contributed by atoms with Gasteiger partial charge >= 0.3 is 0 Å². The van der Waals surface area contributed by atoms with Gasteiger partial charge in [0.1, 0.15) is 5.75 Å². The Morgan fingerprint density at radius 2 is 2.15 bits per heavy atom. The highest BCUT2D eigenvalue weighted by Crippen LogP contribution is 2.31. The summed E-state index contributed by atoms with van der Waals surface area (Å²) >= 11 is 0. The molecular formula is C15H24ClNO3. The number of nitrogens with zero attached hydrogens (tertiary/aromatic N) is 1. The molecule has 1 saturated heterocycles. The van der Waals surface area contributed by atoms with Crippen LogP contribution in [-0.4, -0.2) is 49.0 Å². The Balaban J connectivity index is 0.00000200. The van der Waals surface area contributed by atoms with Gasteiger partial charge in [0, 0.05) is 18.7 Å². The number of halogens is 1. The lowest BCUT2D eigenvalue weighted by Crippen LogP contribution is -2.41. The van der Waals surface area contributed by atoms with E-state index in [0.29, 0.717) is 13.2 Å². The lowest BCUT2D eigenvalue weighted by atomic mass is 10.0. The third-order valence-corrected chi connectivity index (χ3v) is 3.27. The van der Waals surface area contributed by atoms with Crippen LogP contribution >= 0.6 is 12.4 Å². The summed E-state index contributed by atoms with van der Waals surface area (Å²) < 4.78 is 11.5. The van der Waals surface area contributed by atoms with Crippen molar-refractivity contribution < 1.29 is 14.6 Å². The molecule has 0 aliphatic carbocycles. The molecule has 1 atom stereocenters. The van der Waals surface area contributed by atoms with Gasteiger partial charge in [-0.05, 0) is 19.9 Å². The van der Waals surface area contributed by atoms with Gasteiger partial charge in [0.25, 0.3) is 0 Å². The number of benzene rings is 1. The number of hydrogen-bond acceptors (Lipinski definition) is 4. The van der Waals surface area contributed by atoms with E-state index in [0.717, 1.165) is 24.5 Å². The SMILES string of the molecule is CC(C)Oc1ccccc1C1COCCN1CCO.Cl. The van der Waals surface area contributed by atoms with E-state index >= 15 is 0 Å². The van der Waals surface area contributed by atoms with E-state index in [2.05, 4.69) is 11.0 Å². The molecule has 0 amide bonds. The fourth-order valence-corrected chi connectivity index (χ4v) is 2.44. The van der Waals surface area contributed by atoms with E-state index in [9.17, 15) is 5.11 Å². The molecule has 0 radical (unpaired) electrons. The van der Waals surface area contributed by atoms with Crippen LogP contribution in [0.5, 0.6) is 5.75 Å². The van der Waals surface area contributed by atoms with E-state index in [1.807, 2.05) is 32.0 Å². The predicted octanol–water partition coefficient (Wildman–Crippen LogP) is 2.26. The summed E-state index contributed by atoms with van der Waals surface area (Å²) in [5.41, 5.74) is 1.14. The summed E-state index contributed by atoms with van der Waals surface area (Å²) in [6, 6.07) is 8.26. The smallest absolute Gasteiger partial charge is 0.124 e. The number of aliphatic hydroxyl groups is 1. The van der Waals surface area contributed by atoms with Gasteiger partial charge in [0.05, 0.1) is 32.0 Å². The molecule has 1 heterocycles. The van der Waals surface area contributed by atoms with Crippen molar-refractivity contribution >= 4 is 12.4 Å². The largest absolute Gasteiger partial charge is 0.491 e. The highest BCUT2D eigenvalue weighted by atomic mass is 35.5. The van der Waals surface area contributed by atoms with Crippen LogP contribution in [0, 0.1) is 0 Å². The van der Waals surface area contributed by atoms with Crippen LogP contribution in [0.2, 0.25) is 0 Å². The molecule has 1 unspecified atom stereocenters. The van der Waals surface area contributed by atoms with E-state index in [-0.39, 0.29) is 31.2 Å². The summed E-state index contributed by atoms with van der Waals surface area (Å²) in [4.78, 5) is 2.26. The molecule has 0 saturated carbocycles. The van der Waals surface area contributed by atoms with E-state index in [4.69, 9.17) is 9.47 Å². The van der Waals surface area contributed by atoms with Crippen molar-refractivity contribution in [1.29, 1.82) is 0 Å². The zero-order valence-electron chi connectivity index (χ0n) is 12.1. The second kappa shape index (κ2) is 8.47. The van der Waals surface area contributed by atoms with Crippen LogP contribution in [0.3, 0.4) is 0 Å². The predicted molar refractivity (Wildman–Crippen MR) is 81.7 cm³/mol. The van der Waals surface area contributed by atoms with Gasteiger partial charge in [-0.2, -0.15) is 0 Å². The van der Waals surface area contributed by atoms with Crippen molar-refractivity contribution in [2.75, 3.05) is 32.9 Å². The quantitative estimate of drug-likeness (QED) is 0.906. The Hall–Kier alpha value is -0.810. The fraction of sp³-hybridized carbons (Fsp3) is 0.600. The van der Waals surface area contributed by atoms with Crippen LogP contribution in [-0.2, 0) is 4.74 Å². The molecular weight excluding hydrogens is 278 g/mol. The number of aliphatic hydroxyl groups excluding tert-OH is 1. The zero-order chi connectivity index (χ0) is 13.7. The molecule has 0 aromatic heterocycles. The van der Waals surface area contributed by atoms with Crippen molar-refractivity contribution in [1.82, 2.24) is 4.90 Å². The molecule has 1 aliphatic rings. The Morgan fingerprint density at radius 1 is 1.40 bits per heavy atom. The lowest BCUT2D eigenvalue weighted by molar-refractivity contribution is -0.0157. The Morgan fingerprint density at radius 3 is 2.85 bits per heavy atom. The number of hydrogen-bond donors (Lipinski definition) is 1. The summed E-state index contributed by atoms with van der Waals surface area (Å²) in [6.07, 6.45) is 0.150. The van der Waals surface area contributed by atoms with Gasteiger partial charge in [-0.15, -0.1) is 12.4 Å². The summed E-state index contributed by atoms with van der Waals surface area (Å²) in [6.45, 7) is 7.12. The molecule has 4 nitrogen and oxygen atoms in total. The molecule has 1 aromatic carbocycles. The Kier molecular flexibility index (Phi) is 7.30. The van der Waals surface area contributed by atoms with Crippen LogP contribution in [0.4, 0.5) is 0 Å². The lowest BCUT2D eigenvalue weighted by Gasteiger charge is -2.36. The highest BCUT2D eigenvalue weighted by molar-refractivity contribution is 5.85. The van der Waals surface area contributed by atoms with Crippen LogP contribution < -0.4 is 4.74 Å². The van der Waals surface area contributed by atoms with Crippen molar-refractivity contribution in [3.63, 3.8) is 0 Å². The Bertz CT molecular complexity index is 398. The topological polar surface area (TPSA) is 41.9 Å². The van der Waals surface area contributed by atoms with Gasteiger partial charge in [0.2, 0.25) is 0 Å². The first kappa shape index (κ1) is 17.2. The molecule has 2 rings (SSSR count). The van der Waals surface area contributed by atoms with Crippen molar-refractivity contribution in [3.05, 3.63) is 29.8 Å². The molecule has 20 heavy (non-hydrogen) atoms. The number of para-hydroxylation sites is 1. The second-order valence-corrected chi connectivity index (χ2v) is 5.05. The summed E-state index contributed by atoms with van der Waals surface area (Å²) in [5.74, 6) is 0.913. The van der Waals surface area contributed by atoms with Crippen molar-refractivity contribution in [2.45, 2.75) is 26.0 Å². The minimum Gasteiger partial charge on any atom is -0.491 e. The third kappa shape index (κ3) is 4.35. The second-order valence-electron chi connectivity index (χ2n) is 5.05. The normalized spacial score (nSPS) is 19.7. The number of β-amino-alcohol motifs (C(OH)–C–C–N with tert-alkyl or cyclic N) is 1. The minimum absolute atomic E-state index is 0. The fourth-order valence-electron chi connectivity index (χ4n) is 2.44. The summed E-state index contributed by atoms with van der Waals surface area (Å²) in [5, 5.41) is 9.18. The minimum atomic E-state index is 0. The monoisotopic (exact) mass is 301 g/mol. The maximum atomic E-state index is 9.18. The third-order valence-electron chi connectivity index (χ3n) is 3.27. The van der Waals surface area contributed by atoms with Gasteiger partial charge in [-0.25, -0.2) is 0 Å².